The van der Waals surface area contributed by atoms with E-state index < -0.39 is 0 Å². The van der Waals surface area contributed by atoms with E-state index in [4.69, 9.17) is 18.8 Å². The fraction of sp³-hybridized carbons (Fsp3) is 0.0667. The van der Waals surface area contributed by atoms with E-state index in [9.17, 15) is 0 Å². The van der Waals surface area contributed by atoms with Crippen molar-refractivity contribution in [3.8, 4) is 34.2 Å². The Bertz CT molecular complexity index is 4020. The summed E-state index contributed by atoms with van der Waals surface area (Å²) in [5.41, 5.74) is 22.8. The van der Waals surface area contributed by atoms with E-state index in [0.29, 0.717) is 0 Å². The SMILES string of the molecule is Cc1cccc(C)c1-c1nc2c3oc4ccccc4c3cc3c2n1-c1cc(N(c2ccccc2)c2ccccc2)cc2c1B3c1cc3c4ccccc4oc3c3nc(-c4c(C)cccc4C)n-2c13. The van der Waals surface area contributed by atoms with Crippen LogP contribution in [0.2, 0.25) is 0 Å². The average Bonchev–Trinajstić information content (AvgIpc) is 4.14. The van der Waals surface area contributed by atoms with E-state index in [1.807, 2.05) is 12.1 Å². The van der Waals surface area contributed by atoms with Crippen LogP contribution in [0.4, 0.5) is 17.1 Å². The zero-order valence-corrected chi connectivity index (χ0v) is 37.8. The average molecular weight is 874 g/mol. The lowest BCUT2D eigenvalue weighted by Gasteiger charge is -2.36. The van der Waals surface area contributed by atoms with Crippen molar-refractivity contribution in [2.75, 3.05) is 4.90 Å². The van der Waals surface area contributed by atoms with Gasteiger partial charge in [-0.1, -0.05) is 121 Å². The first kappa shape index (κ1) is 37.6. The van der Waals surface area contributed by atoms with Gasteiger partial charge < -0.3 is 13.7 Å². The second kappa shape index (κ2) is 13.5. The van der Waals surface area contributed by atoms with E-state index in [2.05, 4.69) is 199 Å². The summed E-state index contributed by atoms with van der Waals surface area (Å²) in [6.45, 7) is 8.60. The first-order chi connectivity index (χ1) is 33.4. The van der Waals surface area contributed by atoms with Crippen molar-refractivity contribution < 1.29 is 8.83 Å². The molecule has 0 amide bonds. The molecule has 4 aromatic heterocycles. The number of imidazole rings is 2. The molecule has 13 aromatic rings. The molecule has 8 heteroatoms. The van der Waals surface area contributed by atoms with E-state index in [0.717, 1.165) is 139 Å². The fourth-order valence-electron chi connectivity index (χ4n) is 12.0. The minimum Gasteiger partial charge on any atom is -0.454 e. The third-order valence-corrected chi connectivity index (χ3v) is 14.8. The summed E-state index contributed by atoms with van der Waals surface area (Å²) >= 11 is 0. The van der Waals surface area contributed by atoms with Gasteiger partial charge in [-0.15, -0.1) is 0 Å². The van der Waals surface area contributed by atoms with Crippen molar-refractivity contribution in [1.82, 2.24) is 19.1 Å². The van der Waals surface area contributed by atoms with Crippen molar-refractivity contribution in [3.63, 3.8) is 0 Å². The molecule has 2 aliphatic rings. The lowest BCUT2D eigenvalue weighted by atomic mass is 9.34. The summed E-state index contributed by atoms with van der Waals surface area (Å²) in [6, 6.07) is 60.9. The van der Waals surface area contributed by atoms with Crippen LogP contribution in [0.15, 0.2) is 179 Å². The van der Waals surface area contributed by atoms with Crippen molar-refractivity contribution in [2.24, 2.45) is 0 Å². The highest BCUT2D eigenvalue weighted by molar-refractivity contribution is 7.00. The molecule has 2 aliphatic heterocycles. The highest BCUT2D eigenvalue weighted by atomic mass is 16.3. The van der Waals surface area contributed by atoms with Crippen LogP contribution in [0.25, 0.3) is 100 Å². The highest BCUT2D eigenvalue weighted by Gasteiger charge is 2.44. The Kier molecular flexibility index (Phi) is 7.46. The van der Waals surface area contributed by atoms with Crippen LogP contribution in [0.1, 0.15) is 22.3 Å². The Labute approximate surface area is 391 Å². The lowest BCUT2D eigenvalue weighted by Crippen LogP contribution is -2.59. The summed E-state index contributed by atoms with van der Waals surface area (Å²) in [4.78, 5) is 13.9. The van der Waals surface area contributed by atoms with Crippen molar-refractivity contribution in [2.45, 2.75) is 27.7 Å². The second-order valence-electron chi connectivity index (χ2n) is 18.7. The van der Waals surface area contributed by atoms with Crippen LogP contribution in [-0.4, -0.2) is 25.8 Å². The van der Waals surface area contributed by atoms with Gasteiger partial charge in [0, 0.05) is 55.4 Å². The van der Waals surface area contributed by atoms with Gasteiger partial charge in [-0.05, 0) is 115 Å². The van der Waals surface area contributed by atoms with Crippen molar-refractivity contribution in [3.05, 3.63) is 192 Å². The highest BCUT2D eigenvalue weighted by Crippen LogP contribution is 2.46. The molecule has 0 saturated heterocycles. The zero-order chi connectivity index (χ0) is 45.1. The van der Waals surface area contributed by atoms with Crippen LogP contribution < -0.4 is 21.3 Å². The number of aryl methyl sites for hydroxylation is 4. The van der Waals surface area contributed by atoms with Crippen LogP contribution in [-0.2, 0) is 0 Å². The van der Waals surface area contributed by atoms with Crippen LogP contribution in [0, 0.1) is 27.7 Å². The molecule has 0 fully saturated rings. The number of furan rings is 2. The third-order valence-electron chi connectivity index (χ3n) is 14.8. The molecule has 9 aromatic carbocycles. The number of para-hydroxylation sites is 4. The molecule has 0 atom stereocenters. The Balaban J connectivity index is 1.19. The number of hydrogen-bond donors (Lipinski definition) is 0. The molecule has 0 unspecified atom stereocenters. The van der Waals surface area contributed by atoms with Crippen molar-refractivity contribution in [1.29, 1.82) is 0 Å². The number of fused-ring (bicyclic) bond motifs is 12. The predicted molar refractivity (Wildman–Crippen MR) is 279 cm³/mol. The molecule has 0 bridgehead atoms. The number of anilines is 3. The van der Waals surface area contributed by atoms with Gasteiger partial charge in [0.1, 0.15) is 33.8 Å². The van der Waals surface area contributed by atoms with E-state index >= 15 is 0 Å². The number of nitrogens with zero attached hydrogens (tertiary/aromatic N) is 5. The van der Waals surface area contributed by atoms with Gasteiger partial charge in [-0.3, -0.25) is 9.13 Å². The minimum absolute atomic E-state index is 0.206. The standard InChI is InChI=1S/C60H40BN5O2/c1-33-17-15-18-34(2)50(33)59-62-53-55-44(31-42-40-25-11-13-27-48(40)67-57(42)53)61-45-32-43-41-26-12-14-28-49(41)68-58(43)54-56(45)66(60(63-54)51-35(3)19-16-20-36(51)4)47-30-39(29-46(52(47)61)65(55)59)64(37-21-7-5-8-22-37)38-23-9-6-10-24-38/h5-32H,1-4H3. The van der Waals surface area contributed by atoms with E-state index in [1.54, 1.807) is 0 Å². The van der Waals surface area contributed by atoms with Gasteiger partial charge in [0.05, 0.1) is 16.7 Å². The minimum atomic E-state index is -0.206. The molecule has 0 saturated carbocycles. The fourth-order valence-corrected chi connectivity index (χ4v) is 12.0. The maximum atomic E-state index is 6.90. The summed E-state index contributed by atoms with van der Waals surface area (Å²) in [6.07, 6.45) is 0. The van der Waals surface area contributed by atoms with Crippen LogP contribution in [0.3, 0.4) is 0 Å². The Morgan fingerprint density at radius 2 is 0.838 bits per heavy atom. The molecule has 0 aliphatic carbocycles. The molecule has 15 rings (SSSR count). The van der Waals surface area contributed by atoms with E-state index in [1.165, 1.54) is 16.4 Å². The Hall–Kier alpha value is -8.62. The third kappa shape index (κ3) is 4.88. The molecule has 0 radical (unpaired) electrons. The lowest BCUT2D eigenvalue weighted by molar-refractivity contribution is 0.671. The molecule has 0 spiro atoms. The summed E-state index contributed by atoms with van der Waals surface area (Å²) in [7, 11) is 0. The van der Waals surface area contributed by atoms with Gasteiger partial charge in [-0.2, -0.15) is 0 Å². The van der Waals surface area contributed by atoms with Gasteiger partial charge >= 0.3 is 0 Å². The van der Waals surface area contributed by atoms with E-state index in [-0.39, 0.29) is 6.71 Å². The topological polar surface area (TPSA) is 65.2 Å². The first-order valence-corrected chi connectivity index (χ1v) is 23.4. The van der Waals surface area contributed by atoms with Gasteiger partial charge in [0.25, 0.3) is 6.71 Å². The summed E-state index contributed by atoms with van der Waals surface area (Å²) in [5.74, 6) is 1.78. The maximum absolute atomic E-state index is 6.90. The number of rotatable bonds is 5. The maximum Gasteiger partial charge on any atom is 0.252 e. The Morgan fingerprint density at radius 1 is 0.426 bits per heavy atom. The number of hydrogen-bond acceptors (Lipinski definition) is 5. The zero-order valence-electron chi connectivity index (χ0n) is 37.8. The predicted octanol–water partition coefficient (Wildman–Crippen LogP) is 13.3. The first-order valence-electron chi connectivity index (χ1n) is 23.4. The van der Waals surface area contributed by atoms with Gasteiger partial charge in [-0.25, -0.2) is 9.97 Å². The summed E-state index contributed by atoms with van der Waals surface area (Å²) < 4.78 is 18.7. The van der Waals surface area contributed by atoms with Crippen molar-refractivity contribution >= 4 is 106 Å². The molecule has 68 heavy (non-hydrogen) atoms. The number of aromatic nitrogens is 4. The molecule has 7 nitrogen and oxygen atoms in total. The van der Waals surface area contributed by atoms with Crippen LogP contribution >= 0.6 is 0 Å². The normalized spacial score (nSPS) is 12.7. The molecule has 6 heterocycles. The monoisotopic (exact) mass is 873 g/mol. The quantitative estimate of drug-likeness (QED) is 0.161. The Morgan fingerprint density at radius 3 is 1.28 bits per heavy atom. The van der Waals surface area contributed by atoms with Crippen LogP contribution in [0.5, 0.6) is 0 Å². The molecular formula is C60H40BN5O2. The second-order valence-corrected chi connectivity index (χ2v) is 18.7. The molecular weight excluding hydrogens is 834 g/mol. The number of benzene rings is 9. The summed E-state index contributed by atoms with van der Waals surface area (Å²) in [5, 5.41) is 4.27. The van der Waals surface area contributed by atoms with Gasteiger partial charge in [0.15, 0.2) is 11.2 Å². The molecule has 320 valence electrons. The molecule has 0 N–H and O–H groups in total. The smallest absolute Gasteiger partial charge is 0.252 e. The van der Waals surface area contributed by atoms with Gasteiger partial charge in [0.2, 0.25) is 0 Å². The largest absolute Gasteiger partial charge is 0.454 e.